The van der Waals surface area contributed by atoms with Crippen molar-refractivity contribution in [2.24, 2.45) is 0 Å². The predicted octanol–water partition coefficient (Wildman–Crippen LogP) is 4.98. The lowest BCUT2D eigenvalue weighted by Gasteiger charge is -2.25. The summed E-state index contributed by atoms with van der Waals surface area (Å²) >= 11 is 3.24. The molecule has 0 saturated heterocycles. The predicted molar refractivity (Wildman–Crippen MR) is 117 cm³/mol. The van der Waals surface area contributed by atoms with Crippen LogP contribution in [0.4, 0.5) is 5.13 Å². The largest absolute Gasteiger partial charge is 0.298 e. The number of nitrogens with one attached hydrogen (secondary N) is 1. The molecule has 0 saturated carbocycles. The monoisotopic (exact) mass is 409 g/mol. The molecular formula is C22H23N3OS2. The fourth-order valence-electron chi connectivity index (χ4n) is 3.42. The zero-order valence-electron chi connectivity index (χ0n) is 16.1. The van der Waals surface area contributed by atoms with E-state index in [2.05, 4.69) is 39.5 Å². The standard InChI is InChI=1S/C22H23N3OS2/c1-15-8-9-17(27-2)12-18(15)21(26)24-22-23-19-10-11-25(14-20(19)28-22)13-16-6-4-3-5-7-16/h3-9,12H,10-11,13-14H2,1-2H3,(H,23,24,26). The van der Waals surface area contributed by atoms with Gasteiger partial charge in [-0.15, -0.1) is 23.1 Å². The highest BCUT2D eigenvalue weighted by Crippen LogP contribution is 2.29. The quantitative estimate of drug-likeness (QED) is 0.604. The van der Waals surface area contributed by atoms with E-state index in [1.54, 1.807) is 23.1 Å². The Hall–Kier alpha value is -2.15. The average Bonchev–Trinajstić information content (AvgIpc) is 3.10. The topological polar surface area (TPSA) is 45.2 Å². The third kappa shape index (κ3) is 4.29. The molecule has 0 atom stereocenters. The summed E-state index contributed by atoms with van der Waals surface area (Å²) in [5, 5.41) is 3.71. The Morgan fingerprint density at radius 2 is 2.07 bits per heavy atom. The van der Waals surface area contributed by atoms with Crippen molar-refractivity contribution < 1.29 is 4.79 Å². The summed E-state index contributed by atoms with van der Waals surface area (Å²) in [5.74, 6) is -0.0827. The molecule has 0 spiro atoms. The van der Waals surface area contributed by atoms with Gasteiger partial charge in [-0.1, -0.05) is 36.4 Å². The Kier molecular flexibility index (Phi) is 5.80. The van der Waals surface area contributed by atoms with Crippen molar-refractivity contribution in [2.45, 2.75) is 31.3 Å². The van der Waals surface area contributed by atoms with Gasteiger partial charge in [0.15, 0.2) is 5.13 Å². The number of thiazole rings is 1. The van der Waals surface area contributed by atoms with Gasteiger partial charge in [0.2, 0.25) is 0 Å². The molecule has 2 aromatic carbocycles. The molecule has 0 bridgehead atoms. The molecule has 4 rings (SSSR count). The van der Waals surface area contributed by atoms with Gasteiger partial charge in [-0.05, 0) is 36.4 Å². The van der Waals surface area contributed by atoms with Crippen molar-refractivity contribution in [1.82, 2.24) is 9.88 Å². The number of hydrogen-bond acceptors (Lipinski definition) is 5. The third-order valence-corrected chi connectivity index (χ3v) is 6.69. The van der Waals surface area contributed by atoms with Crippen LogP contribution in [0.2, 0.25) is 0 Å². The van der Waals surface area contributed by atoms with Gasteiger partial charge in [0, 0.05) is 41.4 Å². The van der Waals surface area contributed by atoms with Crippen LogP contribution in [0.3, 0.4) is 0 Å². The lowest BCUT2D eigenvalue weighted by Crippen LogP contribution is -2.29. The van der Waals surface area contributed by atoms with E-state index < -0.39 is 0 Å². The van der Waals surface area contributed by atoms with Gasteiger partial charge >= 0.3 is 0 Å². The van der Waals surface area contributed by atoms with Gasteiger partial charge in [0.25, 0.3) is 5.91 Å². The first-order valence-corrected chi connectivity index (χ1v) is 11.4. The minimum Gasteiger partial charge on any atom is -0.298 e. The number of aromatic nitrogens is 1. The molecule has 1 aliphatic heterocycles. The van der Waals surface area contributed by atoms with Crippen LogP contribution in [0.5, 0.6) is 0 Å². The van der Waals surface area contributed by atoms with Crippen molar-refractivity contribution in [3.05, 3.63) is 75.8 Å². The zero-order valence-corrected chi connectivity index (χ0v) is 17.7. The Bertz CT molecular complexity index is 985. The van der Waals surface area contributed by atoms with Gasteiger partial charge in [0.05, 0.1) is 5.69 Å². The van der Waals surface area contributed by atoms with Crippen LogP contribution in [0.15, 0.2) is 53.4 Å². The van der Waals surface area contributed by atoms with Gasteiger partial charge in [-0.25, -0.2) is 4.98 Å². The second-order valence-corrected chi connectivity index (χ2v) is 8.93. The number of rotatable bonds is 5. The van der Waals surface area contributed by atoms with Crippen LogP contribution >= 0.6 is 23.1 Å². The second-order valence-electron chi connectivity index (χ2n) is 6.97. The van der Waals surface area contributed by atoms with E-state index in [0.717, 1.165) is 42.2 Å². The molecule has 1 N–H and O–H groups in total. The van der Waals surface area contributed by atoms with E-state index in [1.807, 2.05) is 37.4 Å². The molecule has 3 aromatic rings. The summed E-state index contributed by atoms with van der Waals surface area (Å²) in [5.41, 5.74) is 4.14. The van der Waals surface area contributed by atoms with Gasteiger partial charge < -0.3 is 0 Å². The fourth-order valence-corrected chi connectivity index (χ4v) is 4.90. The summed E-state index contributed by atoms with van der Waals surface area (Å²) in [7, 11) is 0. The van der Waals surface area contributed by atoms with Crippen LogP contribution in [0, 0.1) is 6.92 Å². The number of benzene rings is 2. The Morgan fingerprint density at radius 3 is 2.86 bits per heavy atom. The van der Waals surface area contributed by atoms with Crippen LogP contribution in [-0.2, 0) is 19.5 Å². The van der Waals surface area contributed by atoms with Crippen LogP contribution < -0.4 is 5.32 Å². The summed E-state index contributed by atoms with van der Waals surface area (Å²) in [6, 6.07) is 16.5. The second kappa shape index (κ2) is 8.47. The first kappa shape index (κ1) is 19.2. The minimum atomic E-state index is -0.0827. The number of hydrogen-bond donors (Lipinski definition) is 1. The van der Waals surface area contributed by atoms with Crippen LogP contribution in [0.1, 0.15) is 32.1 Å². The molecule has 1 aliphatic rings. The van der Waals surface area contributed by atoms with Crippen molar-refractivity contribution in [1.29, 1.82) is 0 Å². The highest BCUT2D eigenvalue weighted by atomic mass is 32.2. The number of carbonyl (C=O) groups is 1. The highest BCUT2D eigenvalue weighted by Gasteiger charge is 2.22. The van der Waals surface area contributed by atoms with Gasteiger partial charge in [0.1, 0.15) is 0 Å². The average molecular weight is 410 g/mol. The number of amides is 1. The maximum absolute atomic E-state index is 12.8. The first-order chi connectivity index (χ1) is 13.6. The summed E-state index contributed by atoms with van der Waals surface area (Å²) < 4.78 is 0. The van der Waals surface area contributed by atoms with Crippen molar-refractivity contribution >= 4 is 34.1 Å². The molecule has 4 nitrogen and oxygen atoms in total. The fraction of sp³-hybridized carbons (Fsp3) is 0.273. The number of fused-ring (bicyclic) bond motifs is 1. The lowest BCUT2D eigenvalue weighted by atomic mass is 10.1. The highest BCUT2D eigenvalue weighted by molar-refractivity contribution is 7.98. The SMILES string of the molecule is CSc1ccc(C)c(C(=O)Nc2nc3c(s2)CN(Cc2ccccc2)CC3)c1. The number of nitrogens with zero attached hydrogens (tertiary/aromatic N) is 2. The van der Waals surface area contributed by atoms with Crippen molar-refractivity contribution in [3.8, 4) is 0 Å². The molecule has 1 amide bonds. The smallest absolute Gasteiger partial charge is 0.257 e. The van der Waals surface area contributed by atoms with Crippen LogP contribution in [0.25, 0.3) is 0 Å². The Morgan fingerprint density at radius 1 is 1.25 bits per heavy atom. The van der Waals surface area contributed by atoms with Gasteiger partial charge in [-0.2, -0.15) is 0 Å². The van der Waals surface area contributed by atoms with E-state index in [0.29, 0.717) is 10.7 Å². The molecule has 6 heteroatoms. The van der Waals surface area contributed by atoms with E-state index >= 15 is 0 Å². The summed E-state index contributed by atoms with van der Waals surface area (Å²) in [4.78, 5) is 22.2. The molecular weight excluding hydrogens is 386 g/mol. The molecule has 2 heterocycles. The first-order valence-electron chi connectivity index (χ1n) is 9.33. The van der Waals surface area contributed by atoms with Crippen LogP contribution in [-0.4, -0.2) is 28.6 Å². The third-order valence-electron chi connectivity index (χ3n) is 4.97. The van der Waals surface area contributed by atoms with E-state index in [4.69, 9.17) is 0 Å². The normalized spacial score (nSPS) is 13.9. The van der Waals surface area contributed by atoms with E-state index in [1.165, 1.54) is 10.4 Å². The Balaban J connectivity index is 1.45. The maximum atomic E-state index is 12.8. The number of thioether (sulfide) groups is 1. The van der Waals surface area contributed by atoms with Crippen molar-refractivity contribution in [3.63, 3.8) is 0 Å². The molecule has 28 heavy (non-hydrogen) atoms. The maximum Gasteiger partial charge on any atom is 0.257 e. The Labute approximate surface area is 174 Å². The molecule has 144 valence electrons. The summed E-state index contributed by atoms with van der Waals surface area (Å²) in [6.45, 7) is 4.79. The lowest BCUT2D eigenvalue weighted by molar-refractivity contribution is 0.102. The molecule has 0 unspecified atom stereocenters. The van der Waals surface area contributed by atoms with Gasteiger partial charge in [-0.3, -0.25) is 15.0 Å². The molecule has 0 radical (unpaired) electrons. The number of aryl methyl sites for hydroxylation is 1. The number of anilines is 1. The molecule has 0 aliphatic carbocycles. The van der Waals surface area contributed by atoms with E-state index in [9.17, 15) is 4.79 Å². The minimum absolute atomic E-state index is 0.0827. The molecule has 1 aromatic heterocycles. The van der Waals surface area contributed by atoms with E-state index in [-0.39, 0.29) is 5.91 Å². The number of carbonyl (C=O) groups excluding carboxylic acids is 1. The molecule has 0 fully saturated rings. The van der Waals surface area contributed by atoms with Crippen molar-refractivity contribution in [2.75, 3.05) is 18.1 Å². The summed E-state index contributed by atoms with van der Waals surface area (Å²) in [6.07, 6.45) is 2.94. The zero-order chi connectivity index (χ0) is 19.5.